The molecule has 1 fully saturated rings. The summed E-state index contributed by atoms with van der Waals surface area (Å²) in [6.45, 7) is 0. The molecule has 0 aromatic carbocycles. The predicted octanol–water partition coefficient (Wildman–Crippen LogP) is 0.705. The lowest BCUT2D eigenvalue weighted by Gasteiger charge is -2.36. The Hall–Kier alpha value is -1.59. The van der Waals surface area contributed by atoms with E-state index in [-0.39, 0.29) is 12.1 Å². The highest BCUT2D eigenvalue weighted by atomic mass is 16.4. The Labute approximate surface area is 92.3 Å². The number of hydrogen-bond donors (Lipinski definition) is 2. The van der Waals surface area contributed by atoms with Crippen LogP contribution in [0.3, 0.4) is 0 Å². The first-order valence-corrected chi connectivity index (χ1v) is 5.48. The standard InChI is InChI=1S/C10H15N3O3/c14-8(15)6-10(4-2-1-3-5-10)13-7-11-12-9(13)16/h7H,1-6H2,(H,12,16)(H,14,15). The Bertz CT molecular complexity index is 429. The van der Waals surface area contributed by atoms with Crippen LogP contribution in [0, 0.1) is 0 Å². The van der Waals surface area contributed by atoms with Crippen molar-refractivity contribution in [2.45, 2.75) is 44.1 Å². The zero-order valence-corrected chi connectivity index (χ0v) is 8.98. The fourth-order valence-electron chi connectivity index (χ4n) is 2.58. The van der Waals surface area contributed by atoms with Gasteiger partial charge in [0.05, 0.1) is 12.0 Å². The number of aliphatic carboxylic acids is 1. The van der Waals surface area contributed by atoms with Crippen LogP contribution in [0.2, 0.25) is 0 Å². The molecule has 0 bridgehead atoms. The van der Waals surface area contributed by atoms with Crippen molar-refractivity contribution in [2.75, 3.05) is 0 Å². The highest BCUT2D eigenvalue weighted by Gasteiger charge is 2.37. The molecule has 0 saturated heterocycles. The maximum Gasteiger partial charge on any atom is 0.343 e. The molecule has 6 nitrogen and oxygen atoms in total. The lowest BCUT2D eigenvalue weighted by atomic mass is 9.79. The van der Waals surface area contributed by atoms with E-state index in [2.05, 4.69) is 10.2 Å². The van der Waals surface area contributed by atoms with Crippen molar-refractivity contribution in [3.8, 4) is 0 Å². The Kier molecular flexibility index (Phi) is 2.80. The normalized spacial score (nSPS) is 19.5. The molecule has 2 N–H and O–H groups in total. The maximum atomic E-state index is 11.6. The molecule has 1 aromatic heterocycles. The number of hydrogen-bond acceptors (Lipinski definition) is 3. The van der Waals surface area contributed by atoms with E-state index < -0.39 is 11.5 Å². The number of carboxylic acids is 1. The van der Waals surface area contributed by atoms with E-state index in [4.69, 9.17) is 5.11 Å². The first-order valence-electron chi connectivity index (χ1n) is 5.48. The Balaban J connectivity index is 2.37. The van der Waals surface area contributed by atoms with Gasteiger partial charge in [0.2, 0.25) is 0 Å². The Morgan fingerprint density at radius 1 is 1.50 bits per heavy atom. The minimum Gasteiger partial charge on any atom is -0.481 e. The number of aromatic amines is 1. The summed E-state index contributed by atoms with van der Waals surface area (Å²) in [6.07, 6.45) is 5.91. The minimum absolute atomic E-state index is 0.00750. The number of H-pyrrole nitrogens is 1. The van der Waals surface area contributed by atoms with Gasteiger partial charge in [-0.3, -0.25) is 9.36 Å². The van der Waals surface area contributed by atoms with Gasteiger partial charge in [-0.1, -0.05) is 19.3 Å². The molecule has 16 heavy (non-hydrogen) atoms. The molecule has 88 valence electrons. The zero-order valence-electron chi connectivity index (χ0n) is 8.98. The van der Waals surface area contributed by atoms with E-state index >= 15 is 0 Å². The van der Waals surface area contributed by atoms with Gasteiger partial charge in [-0.05, 0) is 12.8 Å². The third-order valence-corrected chi connectivity index (χ3v) is 3.33. The summed E-state index contributed by atoms with van der Waals surface area (Å²) < 4.78 is 1.46. The van der Waals surface area contributed by atoms with Crippen molar-refractivity contribution in [1.29, 1.82) is 0 Å². The fraction of sp³-hybridized carbons (Fsp3) is 0.700. The van der Waals surface area contributed by atoms with E-state index in [0.717, 1.165) is 32.1 Å². The van der Waals surface area contributed by atoms with Gasteiger partial charge in [-0.15, -0.1) is 0 Å². The average Bonchev–Trinajstić information content (AvgIpc) is 2.65. The molecule has 0 unspecified atom stereocenters. The summed E-state index contributed by atoms with van der Waals surface area (Å²) in [6, 6.07) is 0. The molecule has 1 heterocycles. The van der Waals surface area contributed by atoms with Crippen molar-refractivity contribution in [3.63, 3.8) is 0 Å². The van der Waals surface area contributed by atoms with Crippen LogP contribution in [0.1, 0.15) is 38.5 Å². The molecule has 1 aliphatic carbocycles. The first-order chi connectivity index (χ1) is 7.64. The van der Waals surface area contributed by atoms with Crippen molar-refractivity contribution >= 4 is 5.97 Å². The van der Waals surface area contributed by atoms with Crippen LogP contribution < -0.4 is 5.69 Å². The molecular formula is C10H15N3O3. The molecule has 1 saturated carbocycles. The van der Waals surface area contributed by atoms with Gasteiger partial charge >= 0.3 is 11.7 Å². The Morgan fingerprint density at radius 2 is 2.19 bits per heavy atom. The van der Waals surface area contributed by atoms with Crippen LogP contribution in [-0.4, -0.2) is 25.8 Å². The van der Waals surface area contributed by atoms with Crippen LogP contribution in [0.4, 0.5) is 0 Å². The third kappa shape index (κ3) is 1.87. The quantitative estimate of drug-likeness (QED) is 0.792. The monoisotopic (exact) mass is 225 g/mol. The van der Waals surface area contributed by atoms with Crippen LogP contribution in [-0.2, 0) is 10.3 Å². The van der Waals surface area contributed by atoms with Crippen molar-refractivity contribution in [2.24, 2.45) is 0 Å². The topological polar surface area (TPSA) is 88.0 Å². The molecule has 0 aliphatic heterocycles. The molecule has 2 rings (SSSR count). The molecule has 0 atom stereocenters. The molecule has 6 heteroatoms. The number of rotatable bonds is 3. The number of carboxylic acid groups (broad SMARTS) is 1. The second kappa shape index (κ2) is 4.11. The van der Waals surface area contributed by atoms with Crippen LogP contribution in [0.5, 0.6) is 0 Å². The van der Waals surface area contributed by atoms with E-state index in [1.54, 1.807) is 0 Å². The second-order valence-electron chi connectivity index (χ2n) is 4.39. The highest BCUT2D eigenvalue weighted by molar-refractivity contribution is 5.68. The maximum absolute atomic E-state index is 11.6. The van der Waals surface area contributed by atoms with Crippen molar-refractivity contribution in [1.82, 2.24) is 14.8 Å². The van der Waals surface area contributed by atoms with Crippen molar-refractivity contribution < 1.29 is 9.90 Å². The lowest BCUT2D eigenvalue weighted by molar-refractivity contribution is -0.140. The largest absolute Gasteiger partial charge is 0.481 e. The molecule has 0 spiro atoms. The van der Waals surface area contributed by atoms with Gasteiger partial charge < -0.3 is 5.11 Å². The van der Waals surface area contributed by atoms with Gasteiger partial charge in [0.1, 0.15) is 6.33 Å². The summed E-state index contributed by atoms with van der Waals surface area (Å²) in [5, 5.41) is 15.0. The summed E-state index contributed by atoms with van der Waals surface area (Å²) in [7, 11) is 0. The minimum atomic E-state index is -0.866. The second-order valence-corrected chi connectivity index (χ2v) is 4.39. The zero-order chi connectivity index (χ0) is 11.6. The third-order valence-electron chi connectivity index (χ3n) is 3.33. The van der Waals surface area contributed by atoms with Gasteiger partial charge in [-0.2, -0.15) is 5.10 Å². The number of nitrogens with one attached hydrogen (secondary N) is 1. The molecular weight excluding hydrogens is 210 g/mol. The van der Waals surface area contributed by atoms with Crippen LogP contribution in [0.15, 0.2) is 11.1 Å². The summed E-state index contributed by atoms with van der Waals surface area (Å²) in [5.41, 5.74) is -0.892. The van der Waals surface area contributed by atoms with Gasteiger partial charge in [0.15, 0.2) is 0 Å². The van der Waals surface area contributed by atoms with E-state index in [9.17, 15) is 9.59 Å². The first kappa shape index (κ1) is 10.9. The molecule has 0 amide bonds. The van der Waals surface area contributed by atoms with Gasteiger partial charge in [-0.25, -0.2) is 9.89 Å². The highest BCUT2D eigenvalue weighted by Crippen LogP contribution is 2.36. The van der Waals surface area contributed by atoms with E-state index in [1.807, 2.05) is 0 Å². The number of aromatic nitrogens is 3. The summed E-state index contributed by atoms with van der Waals surface area (Å²) >= 11 is 0. The Morgan fingerprint density at radius 3 is 2.69 bits per heavy atom. The van der Waals surface area contributed by atoms with Crippen LogP contribution >= 0.6 is 0 Å². The molecule has 1 aromatic rings. The van der Waals surface area contributed by atoms with Crippen molar-refractivity contribution in [3.05, 3.63) is 16.8 Å². The van der Waals surface area contributed by atoms with Gasteiger partial charge in [0, 0.05) is 0 Å². The van der Waals surface area contributed by atoms with E-state index in [0.29, 0.717) is 0 Å². The summed E-state index contributed by atoms with van der Waals surface area (Å²) in [5.74, 6) is -0.866. The average molecular weight is 225 g/mol. The summed E-state index contributed by atoms with van der Waals surface area (Å²) in [4.78, 5) is 22.5. The smallest absolute Gasteiger partial charge is 0.343 e. The number of nitrogens with zero attached hydrogens (tertiary/aromatic N) is 2. The molecule has 0 radical (unpaired) electrons. The predicted molar refractivity (Wildman–Crippen MR) is 56.2 cm³/mol. The lowest BCUT2D eigenvalue weighted by Crippen LogP contribution is -2.43. The SMILES string of the molecule is O=C(O)CC1(n2cn[nH]c2=O)CCCCC1. The molecule has 1 aliphatic rings. The fourth-order valence-corrected chi connectivity index (χ4v) is 2.58. The van der Waals surface area contributed by atoms with Gasteiger partial charge in [0.25, 0.3) is 0 Å². The number of carbonyl (C=O) groups is 1. The van der Waals surface area contributed by atoms with Crippen LogP contribution in [0.25, 0.3) is 0 Å². The van der Waals surface area contributed by atoms with E-state index in [1.165, 1.54) is 10.9 Å².